The lowest BCUT2D eigenvalue weighted by Gasteiger charge is -2.29. The van der Waals surface area contributed by atoms with Crippen molar-refractivity contribution in [3.63, 3.8) is 0 Å². The Balaban J connectivity index is 1.77. The summed E-state index contributed by atoms with van der Waals surface area (Å²) in [5.41, 5.74) is 1.59. The average molecular weight is 458 g/mol. The van der Waals surface area contributed by atoms with Gasteiger partial charge in [0, 0.05) is 43.7 Å². The summed E-state index contributed by atoms with van der Waals surface area (Å²) < 4.78 is 25.7. The van der Waals surface area contributed by atoms with Crippen LogP contribution < -0.4 is 5.32 Å². The van der Waals surface area contributed by atoms with Gasteiger partial charge in [0.05, 0.1) is 4.90 Å². The Kier molecular flexibility index (Phi) is 7.48. The molecule has 0 aliphatic heterocycles. The van der Waals surface area contributed by atoms with Crippen molar-refractivity contribution in [3.05, 3.63) is 82.6 Å². The van der Waals surface area contributed by atoms with Crippen LogP contribution in [0, 0.1) is 0 Å². The van der Waals surface area contributed by atoms with Crippen LogP contribution in [0.2, 0.25) is 0 Å². The van der Waals surface area contributed by atoms with Gasteiger partial charge in [0.2, 0.25) is 10.0 Å². The van der Waals surface area contributed by atoms with Gasteiger partial charge < -0.3 is 10.2 Å². The molecular weight excluding hydrogens is 430 g/mol. The second-order valence-corrected chi connectivity index (χ2v) is 10.7. The van der Waals surface area contributed by atoms with E-state index in [1.165, 1.54) is 31.1 Å². The van der Waals surface area contributed by atoms with E-state index in [-0.39, 0.29) is 17.0 Å². The summed E-state index contributed by atoms with van der Waals surface area (Å²) >= 11 is 1.68. The predicted octanol–water partition coefficient (Wildman–Crippen LogP) is 4.66. The number of thiophene rings is 1. The van der Waals surface area contributed by atoms with Crippen LogP contribution in [0.15, 0.2) is 77.0 Å². The SMILES string of the molecule is C[C@@H](Cc1cccs1)N(Cc1ccccc1)C(=O)Nc1ccc(S(=O)(=O)N(C)C)cc1. The Morgan fingerprint density at radius 2 is 1.68 bits per heavy atom. The average Bonchev–Trinajstić information content (AvgIpc) is 3.26. The van der Waals surface area contributed by atoms with Gasteiger partial charge in [-0.15, -0.1) is 11.3 Å². The van der Waals surface area contributed by atoms with Gasteiger partial charge in [-0.3, -0.25) is 0 Å². The molecule has 2 amide bonds. The van der Waals surface area contributed by atoms with Gasteiger partial charge in [0.25, 0.3) is 0 Å². The summed E-state index contributed by atoms with van der Waals surface area (Å²) in [7, 11) is -0.535. The van der Waals surface area contributed by atoms with Crippen molar-refractivity contribution >= 4 is 33.1 Å². The number of carbonyl (C=O) groups is 1. The number of anilines is 1. The second-order valence-electron chi connectivity index (χ2n) is 7.49. The highest BCUT2D eigenvalue weighted by Gasteiger charge is 2.22. The summed E-state index contributed by atoms with van der Waals surface area (Å²) in [6.45, 7) is 2.52. The highest BCUT2D eigenvalue weighted by molar-refractivity contribution is 7.89. The number of hydrogen-bond acceptors (Lipinski definition) is 4. The molecule has 31 heavy (non-hydrogen) atoms. The summed E-state index contributed by atoms with van der Waals surface area (Å²) in [5, 5.41) is 4.95. The smallest absolute Gasteiger partial charge is 0.317 e. The third kappa shape index (κ3) is 5.94. The molecule has 164 valence electrons. The van der Waals surface area contributed by atoms with Crippen LogP contribution >= 0.6 is 11.3 Å². The van der Waals surface area contributed by atoms with E-state index >= 15 is 0 Å². The van der Waals surface area contributed by atoms with Gasteiger partial charge in [0.15, 0.2) is 0 Å². The molecule has 0 spiro atoms. The molecule has 8 heteroatoms. The van der Waals surface area contributed by atoms with Gasteiger partial charge in [-0.2, -0.15) is 0 Å². The molecule has 0 radical (unpaired) electrons. The maximum absolute atomic E-state index is 13.2. The first-order valence-electron chi connectivity index (χ1n) is 9.94. The largest absolute Gasteiger partial charge is 0.322 e. The Bertz CT molecular complexity index is 1080. The van der Waals surface area contributed by atoms with E-state index in [0.29, 0.717) is 12.2 Å². The van der Waals surface area contributed by atoms with Crippen molar-refractivity contribution in [2.75, 3.05) is 19.4 Å². The topological polar surface area (TPSA) is 69.7 Å². The van der Waals surface area contributed by atoms with E-state index in [9.17, 15) is 13.2 Å². The lowest BCUT2D eigenvalue weighted by atomic mass is 10.1. The molecule has 1 atom stereocenters. The minimum atomic E-state index is -3.51. The number of nitrogens with one attached hydrogen (secondary N) is 1. The van der Waals surface area contributed by atoms with Crippen molar-refractivity contribution in [1.29, 1.82) is 0 Å². The molecule has 1 N–H and O–H groups in total. The highest BCUT2D eigenvalue weighted by Crippen LogP contribution is 2.20. The molecule has 1 aromatic heterocycles. The van der Waals surface area contributed by atoms with E-state index in [2.05, 4.69) is 11.4 Å². The number of carbonyl (C=O) groups excluding carboxylic acids is 1. The van der Waals surface area contributed by atoms with Crippen LogP contribution in [0.1, 0.15) is 17.4 Å². The fourth-order valence-corrected chi connectivity index (χ4v) is 4.88. The van der Waals surface area contributed by atoms with Crippen molar-refractivity contribution < 1.29 is 13.2 Å². The van der Waals surface area contributed by atoms with Gasteiger partial charge >= 0.3 is 6.03 Å². The molecular formula is C23H27N3O3S2. The summed E-state index contributed by atoms with van der Waals surface area (Å²) in [6, 6.07) is 19.9. The highest BCUT2D eigenvalue weighted by atomic mass is 32.2. The minimum absolute atomic E-state index is 0.0211. The van der Waals surface area contributed by atoms with Crippen LogP contribution in [-0.2, 0) is 23.0 Å². The third-order valence-corrected chi connectivity index (χ3v) is 7.68. The van der Waals surface area contributed by atoms with Gasteiger partial charge in [0.1, 0.15) is 0 Å². The molecule has 3 rings (SSSR count). The maximum Gasteiger partial charge on any atom is 0.322 e. The molecule has 0 aliphatic rings. The molecule has 1 heterocycles. The number of sulfonamides is 1. The van der Waals surface area contributed by atoms with Gasteiger partial charge in [-0.25, -0.2) is 17.5 Å². The van der Waals surface area contributed by atoms with Gasteiger partial charge in [-0.05, 0) is 48.2 Å². The number of benzene rings is 2. The van der Waals surface area contributed by atoms with Crippen LogP contribution in [0.25, 0.3) is 0 Å². The summed E-state index contributed by atoms with van der Waals surface area (Å²) in [5.74, 6) is 0. The monoisotopic (exact) mass is 457 g/mol. The number of nitrogens with zero attached hydrogens (tertiary/aromatic N) is 2. The van der Waals surface area contributed by atoms with E-state index in [4.69, 9.17) is 0 Å². The zero-order chi connectivity index (χ0) is 22.4. The molecule has 0 saturated carbocycles. The normalized spacial score (nSPS) is 12.5. The van der Waals surface area contributed by atoms with E-state index < -0.39 is 10.0 Å². The maximum atomic E-state index is 13.2. The van der Waals surface area contributed by atoms with Crippen molar-refractivity contribution in [2.24, 2.45) is 0 Å². The summed E-state index contributed by atoms with van der Waals surface area (Å²) in [6.07, 6.45) is 0.762. The standard InChI is InChI=1S/C23H27N3O3S2/c1-18(16-21-10-7-15-30-21)26(17-19-8-5-4-6-9-19)23(27)24-20-11-13-22(14-12-20)31(28,29)25(2)3/h4-15,18H,16-17H2,1-3H3,(H,24,27)/t18-/m0/s1. The first-order valence-corrected chi connectivity index (χ1v) is 12.3. The molecule has 2 aromatic carbocycles. The Morgan fingerprint density at radius 1 is 1.00 bits per heavy atom. The lowest BCUT2D eigenvalue weighted by Crippen LogP contribution is -2.42. The number of amides is 2. The number of rotatable bonds is 8. The van der Waals surface area contributed by atoms with E-state index in [1.54, 1.807) is 28.4 Å². The molecule has 0 bridgehead atoms. The second kappa shape index (κ2) is 10.1. The van der Waals surface area contributed by atoms with Crippen LogP contribution in [0.5, 0.6) is 0 Å². The van der Waals surface area contributed by atoms with Crippen LogP contribution in [0.4, 0.5) is 10.5 Å². The first kappa shape index (κ1) is 23.0. The quantitative estimate of drug-likeness (QED) is 0.535. The molecule has 0 saturated heterocycles. The van der Waals surface area contributed by atoms with E-state index in [1.807, 2.05) is 48.7 Å². The number of hydrogen-bond donors (Lipinski definition) is 1. The fourth-order valence-electron chi connectivity index (χ4n) is 3.15. The van der Waals surface area contributed by atoms with E-state index in [0.717, 1.165) is 16.3 Å². The minimum Gasteiger partial charge on any atom is -0.317 e. The molecule has 6 nitrogen and oxygen atoms in total. The fraction of sp³-hybridized carbons (Fsp3) is 0.261. The Hall–Kier alpha value is -2.68. The molecule has 0 unspecified atom stereocenters. The molecule has 0 fully saturated rings. The van der Waals surface area contributed by atoms with Crippen LogP contribution in [0.3, 0.4) is 0 Å². The zero-order valence-corrected chi connectivity index (χ0v) is 19.5. The predicted molar refractivity (Wildman–Crippen MR) is 126 cm³/mol. The first-order chi connectivity index (χ1) is 14.8. The molecule has 3 aromatic rings. The molecule has 0 aliphatic carbocycles. The third-order valence-electron chi connectivity index (χ3n) is 4.95. The van der Waals surface area contributed by atoms with Gasteiger partial charge in [-0.1, -0.05) is 36.4 Å². The Morgan fingerprint density at radius 3 is 2.26 bits per heavy atom. The number of urea groups is 1. The lowest BCUT2D eigenvalue weighted by molar-refractivity contribution is 0.188. The van der Waals surface area contributed by atoms with Crippen molar-refractivity contribution in [1.82, 2.24) is 9.21 Å². The van der Waals surface area contributed by atoms with Crippen molar-refractivity contribution in [2.45, 2.75) is 30.8 Å². The zero-order valence-electron chi connectivity index (χ0n) is 17.9. The van der Waals surface area contributed by atoms with Crippen molar-refractivity contribution in [3.8, 4) is 0 Å². The van der Waals surface area contributed by atoms with Crippen LogP contribution in [-0.4, -0.2) is 43.8 Å². The Labute approximate surface area is 188 Å². The summed E-state index contributed by atoms with van der Waals surface area (Å²) in [4.78, 5) is 16.4.